The molecule has 1 aliphatic rings. The number of aryl methyl sites for hydroxylation is 2. The molecule has 1 aliphatic heterocycles. The Balaban J connectivity index is 1.52. The molecule has 7 heteroatoms. The van der Waals surface area contributed by atoms with Crippen LogP contribution >= 0.6 is 11.6 Å². The van der Waals surface area contributed by atoms with Crippen molar-refractivity contribution in [2.75, 3.05) is 26.2 Å². The molecule has 0 unspecified atom stereocenters. The van der Waals surface area contributed by atoms with Crippen molar-refractivity contribution in [2.24, 2.45) is 0 Å². The summed E-state index contributed by atoms with van der Waals surface area (Å²) in [4.78, 5) is 33.9. The number of fused-ring (bicyclic) bond motifs is 1. The highest BCUT2D eigenvalue weighted by Crippen LogP contribution is 2.23. The van der Waals surface area contributed by atoms with Crippen LogP contribution in [0.5, 0.6) is 0 Å². The summed E-state index contributed by atoms with van der Waals surface area (Å²) in [5, 5.41) is 0.926. The fourth-order valence-corrected chi connectivity index (χ4v) is 4.01. The SMILES string of the molecule is Cc1ccc2nc(C)cc(C(=O)N3CCN(C(=O)c4ccc(F)cc4Cl)CC3)c2c1. The van der Waals surface area contributed by atoms with E-state index in [1.807, 2.05) is 38.1 Å². The van der Waals surface area contributed by atoms with E-state index in [4.69, 9.17) is 11.6 Å². The molecule has 0 radical (unpaired) electrons. The number of rotatable bonds is 2. The van der Waals surface area contributed by atoms with E-state index < -0.39 is 5.82 Å². The number of carbonyl (C=O) groups is 2. The molecule has 2 amide bonds. The highest BCUT2D eigenvalue weighted by molar-refractivity contribution is 6.33. The molecule has 0 spiro atoms. The van der Waals surface area contributed by atoms with Crippen molar-refractivity contribution in [3.05, 3.63) is 75.7 Å². The maximum absolute atomic E-state index is 13.3. The molecule has 2 heterocycles. The molecule has 1 saturated heterocycles. The lowest BCUT2D eigenvalue weighted by atomic mass is 10.0. The Hall–Kier alpha value is -2.99. The normalized spacial score (nSPS) is 14.3. The minimum Gasteiger partial charge on any atom is -0.335 e. The van der Waals surface area contributed by atoms with Crippen LogP contribution in [0.15, 0.2) is 42.5 Å². The van der Waals surface area contributed by atoms with E-state index in [1.165, 1.54) is 12.1 Å². The molecule has 5 nitrogen and oxygen atoms in total. The second kappa shape index (κ2) is 8.03. The van der Waals surface area contributed by atoms with Crippen molar-refractivity contribution in [1.29, 1.82) is 0 Å². The third kappa shape index (κ3) is 3.87. The van der Waals surface area contributed by atoms with Gasteiger partial charge in [-0.05, 0) is 50.2 Å². The third-order valence-corrected chi connectivity index (χ3v) is 5.65. The summed E-state index contributed by atoms with van der Waals surface area (Å²) in [6, 6.07) is 11.5. The van der Waals surface area contributed by atoms with Gasteiger partial charge in [0.15, 0.2) is 0 Å². The number of halogens is 2. The van der Waals surface area contributed by atoms with Crippen molar-refractivity contribution < 1.29 is 14.0 Å². The molecule has 1 aromatic heterocycles. The zero-order valence-corrected chi connectivity index (χ0v) is 17.5. The standard InChI is InChI=1S/C23H21ClFN3O2/c1-14-3-6-21-18(11-14)19(12-15(2)26-21)23(30)28-9-7-27(8-10-28)22(29)17-5-4-16(25)13-20(17)24/h3-6,11-13H,7-10H2,1-2H3. The summed E-state index contributed by atoms with van der Waals surface area (Å²) in [5.41, 5.74) is 3.54. The predicted molar refractivity (Wildman–Crippen MR) is 114 cm³/mol. The van der Waals surface area contributed by atoms with Crippen molar-refractivity contribution >= 4 is 34.3 Å². The van der Waals surface area contributed by atoms with Gasteiger partial charge in [0.05, 0.1) is 21.7 Å². The van der Waals surface area contributed by atoms with Gasteiger partial charge in [-0.25, -0.2) is 4.39 Å². The van der Waals surface area contributed by atoms with Gasteiger partial charge in [-0.15, -0.1) is 0 Å². The summed E-state index contributed by atoms with van der Waals surface area (Å²) >= 11 is 6.03. The van der Waals surface area contributed by atoms with E-state index in [1.54, 1.807) is 9.80 Å². The van der Waals surface area contributed by atoms with E-state index >= 15 is 0 Å². The minimum atomic E-state index is -0.484. The summed E-state index contributed by atoms with van der Waals surface area (Å²) in [6.07, 6.45) is 0. The van der Waals surface area contributed by atoms with E-state index in [0.717, 1.165) is 28.2 Å². The van der Waals surface area contributed by atoms with Crippen LogP contribution in [-0.2, 0) is 0 Å². The monoisotopic (exact) mass is 425 g/mol. The topological polar surface area (TPSA) is 53.5 Å². The van der Waals surface area contributed by atoms with Crippen LogP contribution in [0.4, 0.5) is 4.39 Å². The predicted octanol–water partition coefficient (Wildman–Crippen LogP) is 4.24. The average molecular weight is 426 g/mol. The van der Waals surface area contributed by atoms with Crippen LogP contribution < -0.4 is 0 Å². The highest BCUT2D eigenvalue weighted by Gasteiger charge is 2.27. The smallest absolute Gasteiger partial charge is 0.255 e. The van der Waals surface area contributed by atoms with Gasteiger partial charge in [0.1, 0.15) is 5.82 Å². The van der Waals surface area contributed by atoms with E-state index in [0.29, 0.717) is 31.7 Å². The van der Waals surface area contributed by atoms with Gasteiger partial charge < -0.3 is 9.80 Å². The second-order valence-electron chi connectivity index (χ2n) is 7.54. The Labute approximate surface area is 179 Å². The van der Waals surface area contributed by atoms with Gasteiger partial charge in [0.2, 0.25) is 0 Å². The van der Waals surface area contributed by atoms with Crippen LogP contribution in [-0.4, -0.2) is 52.8 Å². The molecule has 0 bridgehead atoms. The van der Waals surface area contributed by atoms with Crippen molar-refractivity contribution in [3.63, 3.8) is 0 Å². The quantitative estimate of drug-likeness (QED) is 0.617. The van der Waals surface area contributed by atoms with E-state index in [9.17, 15) is 14.0 Å². The first-order chi connectivity index (χ1) is 14.3. The molecular formula is C23H21ClFN3O2. The van der Waals surface area contributed by atoms with Crippen LogP contribution in [0.1, 0.15) is 32.0 Å². The number of hydrogen-bond acceptors (Lipinski definition) is 3. The van der Waals surface area contributed by atoms with Gasteiger partial charge in [-0.2, -0.15) is 0 Å². The first kappa shape index (κ1) is 20.3. The second-order valence-corrected chi connectivity index (χ2v) is 7.95. The molecule has 0 aliphatic carbocycles. The van der Waals surface area contributed by atoms with E-state index in [-0.39, 0.29) is 22.4 Å². The van der Waals surface area contributed by atoms with Gasteiger partial charge in [-0.3, -0.25) is 14.6 Å². The molecule has 0 N–H and O–H groups in total. The fraction of sp³-hybridized carbons (Fsp3) is 0.261. The number of carbonyl (C=O) groups excluding carboxylic acids is 2. The Morgan fingerprint density at radius 1 is 0.900 bits per heavy atom. The van der Waals surface area contributed by atoms with Gasteiger partial charge in [0.25, 0.3) is 11.8 Å². The van der Waals surface area contributed by atoms with Crippen molar-refractivity contribution in [3.8, 4) is 0 Å². The van der Waals surface area contributed by atoms with Gasteiger partial charge >= 0.3 is 0 Å². The van der Waals surface area contributed by atoms with Crippen LogP contribution in [0, 0.1) is 19.7 Å². The molecule has 2 aromatic carbocycles. The van der Waals surface area contributed by atoms with E-state index in [2.05, 4.69) is 4.98 Å². The lowest BCUT2D eigenvalue weighted by Gasteiger charge is -2.35. The molecule has 0 saturated carbocycles. The third-order valence-electron chi connectivity index (χ3n) is 5.34. The zero-order chi connectivity index (χ0) is 21.4. The molecular weight excluding hydrogens is 405 g/mol. The first-order valence-corrected chi connectivity index (χ1v) is 10.1. The maximum atomic E-state index is 13.3. The maximum Gasteiger partial charge on any atom is 0.255 e. The largest absolute Gasteiger partial charge is 0.335 e. The van der Waals surface area contributed by atoms with Gasteiger partial charge in [-0.1, -0.05) is 23.2 Å². The van der Waals surface area contributed by atoms with Crippen LogP contribution in [0.2, 0.25) is 5.02 Å². The molecule has 4 rings (SSSR count). The Bertz CT molecular complexity index is 1160. The molecule has 3 aromatic rings. The number of aromatic nitrogens is 1. The Morgan fingerprint density at radius 3 is 2.17 bits per heavy atom. The molecule has 30 heavy (non-hydrogen) atoms. The summed E-state index contributed by atoms with van der Waals surface area (Å²) in [5.74, 6) is -0.807. The number of amides is 2. The van der Waals surface area contributed by atoms with Crippen LogP contribution in [0.25, 0.3) is 10.9 Å². The fourth-order valence-electron chi connectivity index (χ4n) is 3.77. The number of pyridine rings is 1. The summed E-state index contributed by atoms with van der Waals surface area (Å²) in [7, 11) is 0. The number of benzene rings is 2. The van der Waals surface area contributed by atoms with Crippen LogP contribution in [0.3, 0.4) is 0 Å². The lowest BCUT2D eigenvalue weighted by molar-refractivity contribution is 0.0536. The molecule has 1 fully saturated rings. The highest BCUT2D eigenvalue weighted by atomic mass is 35.5. The Morgan fingerprint density at radius 2 is 1.53 bits per heavy atom. The summed E-state index contributed by atoms with van der Waals surface area (Å²) < 4.78 is 13.3. The molecule has 154 valence electrons. The number of nitrogens with zero attached hydrogens (tertiary/aromatic N) is 3. The lowest BCUT2D eigenvalue weighted by Crippen LogP contribution is -2.50. The van der Waals surface area contributed by atoms with Crippen molar-refractivity contribution in [2.45, 2.75) is 13.8 Å². The van der Waals surface area contributed by atoms with Gasteiger partial charge in [0, 0.05) is 37.3 Å². The average Bonchev–Trinajstić information content (AvgIpc) is 2.72. The minimum absolute atomic E-state index is 0.0667. The Kier molecular flexibility index (Phi) is 5.43. The number of hydrogen-bond donors (Lipinski definition) is 0. The van der Waals surface area contributed by atoms with Crippen molar-refractivity contribution in [1.82, 2.24) is 14.8 Å². The zero-order valence-electron chi connectivity index (χ0n) is 16.8. The first-order valence-electron chi connectivity index (χ1n) is 9.75. The summed E-state index contributed by atoms with van der Waals surface area (Å²) in [6.45, 7) is 5.46. The number of piperazine rings is 1. The molecule has 0 atom stereocenters.